The summed E-state index contributed by atoms with van der Waals surface area (Å²) in [5.41, 5.74) is 6.07. The van der Waals surface area contributed by atoms with Crippen LogP contribution in [0.2, 0.25) is 0 Å². The summed E-state index contributed by atoms with van der Waals surface area (Å²) in [6, 6.07) is 12.3. The number of fused-ring (bicyclic) bond motifs is 1. The number of ether oxygens (including phenoxy) is 1. The van der Waals surface area contributed by atoms with Crippen LogP contribution in [0.4, 0.5) is 11.8 Å². The van der Waals surface area contributed by atoms with Crippen LogP contribution in [0.1, 0.15) is 11.3 Å². The van der Waals surface area contributed by atoms with E-state index in [1.165, 1.54) is 5.56 Å². The Morgan fingerprint density at radius 1 is 1.09 bits per heavy atom. The van der Waals surface area contributed by atoms with Crippen molar-refractivity contribution >= 4 is 35.2 Å². The minimum Gasteiger partial charge on any atom is -0.494 e. The molecular formula is C24H28ClN7O. The second-order valence-corrected chi connectivity index (χ2v) is 8.04. The van der Waals surface area contributed by atoms with Crippen LogP contribution in [0.5, 0.6) is 5.75 Å². The molecule has 0 spiro atoms. The molecule has 8 nitrogen and oxygen atoms in total. The smallest absolute Gasteiger partial charge is 0.206 e. The van der Waals surface area contributed by atoms with Crippen molar-refractivity contribution in [2.45, 2.75) is 13.5 Å². The van der Waals surface area contributed by atoms with Gasteiger partial charge in [0.2, 0.25) is 5.95 Å². The molecule has 0 unspecified atom stereocenters. The Balaban J connectivity index is 0.00000259. The number of hydrogen-bond acceptors (Lipinski definition) is 7. The molecule has 0 atom stereocenters. The lowest BCUT2D eigenvalue weighted by Gasteiger charge is -2.27. The molecule has 1 aromatic carbocycles. The lowest BCUT2D eigenvalue weighted by Crippen LogP contribution is -2.42. The molecule has 1 fully saturated rings. The number of methoxy groups -OCH3 is 1. The maximum atomic E-state index is 5.50. The molecule has 0 radical (unpaired) electrons. The summed E-state index contributed by atoms with van der Waals surface area (Å²) >= 11 is 0. The summed E-state index contributed by atoms with van der Waals surface area (Å²) in [4.78, 5) is 19.3. The van der Waals surface area contributed by atoms with E-state index in [0.717, 1.165) is 72.1 Å². The highest BCUT2D eigenvalue weighted by Gasteiger charge is 2.12. The molecule has 3 aromatic heterocycles. The Labute approximate surface area is 199 Å². The normalized spacial score (nSPS) is 14.1. The molecular weight excluding hydrogens is 438 g/mol. The molecule has 1 aliphatic heterocycles. The summed E-state index contributed by atoms with van der Waals surface area (Å²) in [5, 5.41) is 6.71. The first kappa shape index (κ1) is 23.0. The molecule has 172 valence electrons. The fraction of sp³-hybridized carbons (Fsp3) is 0.292. The first-order valence-electron chi connectivity index (χ1n) is 10.8. The molecule has 0 amide bonds. The molecule has 0 bridgehead atoms. The number of rotatable bonds is 6. The number of piperazine rings is 1. The zero-order valence-electron chi connectivity index (χ0n) is 18.8. The maximum absolute atomic E-state index is 5.50. The van der Waals surface area contributed by atoms with Crippen LogP contribution in [0.25, 0.3) is 22.2 Å². The van der Waals surface area contributed by atoms with Crippen molar-refractivity contribution in [1.82, 2.24) is 30.2 Å². The van der Waals surface area contributed by atoms with Gasteiger partial charge in [0.1, 0.15) is 11.6 Å². The van der Waals surface area contributed by atoms with Crippen molar-refractivity contribution in [1.29, 1.82) is 0 Å². The van der Waals surface area contributed by atoms with Crippen molar-refractivity contribution < 1.29 is 4.74 Å². The van der Waals surface area contributed by atoms with Crippen molar-refractivity contribution in [2.75, 3.05) is 38.6 Å². The third-order valence-corrected chi connectivity index (χ3v) is 5.70. The lowest BCUT2D eigenvalue weighted by atomic mass is 10.0. The average molecular weight is 466 g/mol. The van der Waals surface area contributed by atoms with E-state index in [-0.39, 0.29) is 12.4 Å². The molecule has 33 heavy (non-hydrogen) atoms. The number of nitrogens with one attached hydrogen (secondary N) is 3. The van der Waals surface area contributed by atoms with E-state index >= 15 is 0 Å². The molecule has 5 rings (SSSR count). The van der Waals surface area contributed by atoms with Crippen LogP contribution in [0, 0.1) is 6.92 Å². The van der Waals surface area contributed by atoms with E-state index in [9.17, 15) is 0 Å². The Hall–Kier alpha value is -3.20. The van der Waals surface area contributed by atoms with Gasteiger partial charge in [-0.3, -0.25) is 9.88 Å². The molecule has 0 aliphatic carbocycles. The monoisotopic (exact) mass is 465 g/mol. The van der Waals surface area contributed by atoms with E-state index < -0.39 is 0 Å². The van der Waals surface area contributed by atoms with Crippen LogP contribution in [-0.4, -0.2) is 58.1 Å². The molecule has 1 aliphatic rings. The molecule has 0 saturated carbocycles. The fourth-order valence-electron chi connectivity index (χ4n) is 4.06. The van der Waals surface area contributed by atoms with Gasteiger partial charge in [-0.15, -0.1) is 12.4 Å². The number of benzene rings is 1. The first-order valence-corrected chi connectivity index (χ1v) is 10.8. The third kappa shape index (κ3) is 5.24. The van der Waals surface area contributed by atoms with Crippen LogP contribution >= 0.6 is 12.4 Å². The number of aryl methyl sites for hydroxylation is 1. The summed E-state index contributed by atoms with van der Waals surface area (Å²) in [6.07, 6.45) is 3.60. The van der Waals surface area contributed by atoms with Gasteiger partial charge in [0.25, 0.3) is 0 Å². The van der Waals surface area contributed by atoms with E-state index in [1.54, 1.807) is 13.3 Å². The third-order valence-electron chi connectivity index (χ3n) is 5.70. The Kier molecular flexibility index (Phi) is 7.08. The van der Waals surface area contributed by atoms with E-state index in [4.69, 9.17) is 4.74 Å². The van der Waals surface area contributed by atoms with E-state index in [1.807, 2.05) is 25.3 Å². The van der Waals surface area contributed by atoms with Gasteiger partial charge in [-0.05, 0) is 48.4 Å². The van der Waals surface area contributed by atoms with Gasteiger partial charge in [0, 0.05) is 50.2 Å². The molecule has 4 heterocycles. The predicted octanol–water partition coefficient (Wildman–Crippen LogP) is 3.91. The van der Waals surface area contributed by atoms with Gasteiger partial charge in [0.15, 0.2) is 0 Å². The summed E-state index contributed by atoms with van der Waals surface area (Å²) in [6.45, 7) is 7.13. The zero-order valence-corrected chi connectivity index (χ0v) is 19.6. The van der Waals surface area contributed by atoms with E-state index in [0.29, 0.717) is 5.95 Å². The second kappa shape index (κ2) is 10.2. The first-order chi connectivity index (χ1) is 15.7. The van der Waals surface area contributed by atoms with Gasteiger partial charge in [0.05, 0.1) is 24.3 Å². The van der Waals surface area contributed by atoms with Gasteiger partial charge in [-0.1, -0.05) is 6.07 Å². The number of imidazole rings is 1. The van der Waals surface area contributed by atoms with E-state index in [2.05, 4.69) is 59.7 Å². The Morgan fingerprint density at radius 2 is 1.94 bits per heavy atom. The average Bonchev–Trinajstić information content (AvgIpc) is 3.21. The summed E-state index contributed by atoms with van der Waals surface area (Å²) in [5.74, 6) is 2.20. The van der Waals surface area contributed by atoms with Crippen LogP contribution in [0.15, 0.2) is 48.8 Å². The van der Waals surface area contributed by atoms with Crippen molar-refractivity contribution in [3.8, 4) is 16.9 Å². The molecule has 9 heteroatoms. The number of nitrogens with zero attached hydrogens (tertiary/aromatic N) is 4. The van der Waals surface area contributed by atoms with Gasteiger partial charge in [-0.2, -0.15) is 0 Å². The molecule has 1 saturated heterocycles. The number of pyridine rings is 2. The number of aromatic nitrogens is 4. The minimum absolute atomic E-state index is 0. The molecule has 3 N–H and O–H groups in total. The van der Waals surface area contributed by atoms with Crippen LogP contribution in [-0.2, 0) is 6.54 Å². The predicted molar refractivity (Wildman–Crippen MR) is 134 cm³/mol. The Bertz CT molecular complexity index is 1240. The summed E-state index contributed by atoms with van der Waals surface area (Å²) in [7, 11) is 1.66. The topological polar surface area (TPSA) is 91.0 Å². The number of aromatic amines is 1. The minimum atomic E-state index is 0. The highest BCUT2D eigenvalue weighted by atomic mass is 35.5. The summed E-state index contributed by atoms with van der Waals surface area (Å²) < 4.78 is 5.50. The second-order valence-electron chi connectivity index (χ2n) is 8.04. The van der Waals surface area contributed by atoms with Gasteiger partial charge in [-0.25, -0.2) is 9.97 Å². The van der Waals surface area contributed by atoms with Crippen LogP contribution in [0.3, 0.4) is 0 Å². The number of H-pyrrole nitrogens is 1. The SMILES string of the molecule is COc1cnc(C)cc1-c1ccc2nc(Nc3cc(CN4CCNCC4)ccn3)[nH]c2c1.Cl. The standard InChI is InChI=1S/C24H27N7O.ClH/c1-16-11-19(22(32-2)14-27-16)18-3-4-20-21(13-18)29-24(28-20)30-23-12-17(5-6-26-23)15-31-9-7-25-8-10-31;/h3-6,11-14,25H,7-10,15H2,1-2H3,(H2,26,28,29,30);1H. The number of anilines is 2. The molecule has 4 aromatic rings. The lowest BCUT2D eigenvalue weighted by molar-refractivity contribution is 0.233. The largest absolute Gasteiger partial charge is 0.494 e. The van der Waals surface area contributed by atoms with Crippen molar-refractivity contribution in [3.05, 3.63) is 60.0 Å². The van der Waals surface area contributed by atoms with Gasteiger partial charge >= 0.3 is 0 Å². The van der Waals surface area contributed by atoms with Crippen molar-refractivity contribution in [2.24, 2.45) is 0 Å². The highest BCUT2D eigenvalue weighted by molar-refractivity contribution is 5.86. The van der Waals surface area contributed by atoms with Gasteiger partial charge < -0.3 is 20.4 Å². The quantitative estimate of drug-likeness (QED) is 0.397. The van der Waals surface area contributed by atoms with Crippen molar-refractivity contribution in [3.63, 3.8) is 0 Å². The number of halogens is 1. The highest BCUT2D eigenvalue weighted by Crippen LogP contribution is 2.32. The Morgan fingerprint density at radius 3 is 2.76 bits per heavy atom. The fourth-order valence-corrected chi connectivity index (χ4v) is 4.06. The zero-order chi connectivity index (χ0) is 21.9. The van der Waals surface area contributed by atoms with Crippen LogP contribution < -0.4 is 15.4 Å². The maximum Gasteiger partial charge on any atom is 0.206 e. The number of hydrogen-bond donors (Lipinski definition) is 3.